The van der Waals surface area contributed by atoms with Crippen molar-refractivity contribution in [3.63, 3.8) is 0 Å². The number of carbonyl (C=O) groups excluding carboxylic acids is 1. The van der Waals surface area contributed by atoms with E-state index >= 15 is 0 Å². The fourth-order valence-corrected chi connectivity index (χ4v) is 3.69. The van der Waals surface area contributed by atoms with E-state index in [1.54, 1.807) is 6.07 Å². The molecule has 0 aliphatic carbocycles. The Balaban J connectivity index is 1.62. The molecule has 1 aliphatic rings. The van der Waals surface area contributed by atoms with Crippen LogP contribution in [0.15, 0.2) is 12.1 Å². The molecule has 0 spiro atoms. The molecule has 0 saturated carbocycles. The number of amides is 1. The smallest absolute Gasteiger partial charge is 0.343 e. The highest BCUT2D eigenvalue weighted by molar-refractivity contribution is 5.76. The largest absolute Gasteiger partial charge is 0.453 e. The average molecular weight is 407 g/mol. The quantitative estimate of drug-likeness (QED) is 0.664. The van der Waals surface area contributed by atoms with Crippen molar-refractivity contribution >= 4 is 11.6 Å². The van der Waals surface area contributed by atoms with Gasteiger partial charge in [0.2, 0.25) is 5.91 Å². The van der Waals surface area contributed by atoms with Gasteiger partial charge in [-0.1, -0.05) is 0 Å². The summed E-state index contributed by atoms with van der Waals surface area (Å²) in [6, 6.07) is 2.96. The minimum atomic E-state index is -4.67. The monoisotopic (exact) mass is 407 g/mol. The van der Waals surface area contributed by atoms with Crippen LogP contribution in [0.25, 0.3) is 11.5 Å². The topological polar surface area (TPSA) is 81.2 Å². The number of alkyl halides is 3. The predicted octanol–water partition coefficient (Wildman–Crippen LogP) is 2.50. The van der Waals surface area contributed by atoms with Crippen LogP contribution in [0, 0.1) is 13.8 Å². The minimum Gasteiger partial charge on any atom is -0.343 e. The summed E-state index contributed by atoms with van der Waals surface area (Å²) in [5.41, 5.74) is 2.36. The van der Waals surface area contributed by atoms with Gasteiger partial charge in [0.15, 0.2) is 11.5 Å². The van der Waals surface area contributed by atoms with E-state index in [0.29, 0.717) is 17.4 Å². The zero-order chi connectivity index (χ0) is 20.8. The lowest BCUT2D eigenvalue weighted by Crippen LogP contribution is -2.27. The SMILES string of the molecule is Cc1nn(-c2ccc3nnc(C(F)(F)F)n3n2)c(C)c1CCC(=O)N1CCCC1. The molecule has 11 heteroatoms. The fraction of sp³-hybridized carbons (Fsp3) is 0.500. The van der Waals surface area contributed by atoms with Gasteiger partial charge in [0.05, 0.1) is 5.69 Å². The summed E-state index contributed by atoms with van der Waals surface area (Å²) in [6.45, 7) is 5.25. The van der Waals surface area contributed by atoms with Crippen molar-refractivity contribution in [1.29, 1.82) is 0 Å². The van der Waals surface area contributed by atoms with Crippen LogP contribution in [0.2, 0.25) is 0 Å². The minimum absolute atomic E-state index is 0.000889. The molecule has 1 fully saturated rings. The van der Waals surface area contributed by atoms with E-state index in [2.05, 4.69) is 20.4 Å². The first-order chi connectivity index (χ1) is 13.8. The third-order valence-corrected chi connectivity index (χ3v) is 5.21. The standard InChI is InChI=1S/C18H20F3N7O/c1-11-13(5-8-16(29)26-9-3-4-10-26)12(2)27(24-11)15-7-6-14-22-23-17(18(19,20)21)28(14)25-15/h6-7H,3-5,8-10H2,1-2H3. The van der Waals surface area contributed by atoms with Gasteiger partial charge in [-0.25, -0.2) is 4.68 Å². The molecule has 8 nitrogen and oxygen atoms in total. The van der Waals surface area contributed by atoms with Crippen LogP contribution in [-0.4, -0.2) is 53.5 Å². The molecule has 0 bridgehead atoms. The Morgan fingerprint density at radius 3 is 2.52 bits per heavy atom. The second kappa shape index (κ2) is 7.12. The summed E-state index contributed by atoms with van der Waals surface area (Å²) in [6.07, 6.45) is -1.68. The van der Waals surface area contributed by atoms with E-state index in [9.17, 15) is 18.0 Å². The number of aromatic nitrogens is 6. The summed E-state index contributed by atoms with van der Waals surface area (Å²) >= 11 is 0. The first-order valence-electron chi connectivity index (χ1n) is 9.38. The van der Waals surface area contributed by atoms with Gasteiger partial charge < -0.3 is 4.90 Å². The van der Waals surface area contributed by atoms with E-state index < -0.39 is 12.0 Å². The number of aryl methyl sites for hydroxylation is 1. The molecule has 1 amide bonds. The number of hydrogen-bond acceptors (Lipinski definition) is 5. The van der Waals surface area contributed by atoms with Crippen LogP contribution < -0.4 is 0 Å². The van der Waals surface area contributed by atoms with E-state index in [4.69, 9.17) is 0 Å². The second-order valence-electron chi connectivity index (χ2n) is 7.13. The van der Waals surface area contributed by atoms with Crippen molar-refractivity contribution < 1.29 is 18.0 Å². The summed E-state index contributed by atoms with van der Waals surface area (Å²) < 4.78 is 41.5. The van der Waals surface area contributed by atoms with Crippen LogP contribution >= 0.6 is 0 Å². The number of hydrogen-bond donors (Lipinski definition) is 0. The van der Waals surface area contributed by atoms with Crippen molar-refractivity contribution in [2.24, 2.45) is 0 Å². The molecule has 1 aliphatic heterocycles. The molecule has 29 heavy (non-hydrogen) atoms. The molecule has 0 aromatic carbocycles. The lowest BCUT2D eigenvalue weighted by atomic mass is 10.1. The van der Waals surface area contributed by atoms with Gasteiger partial charge in [-0.3, -0.25) is 4.79 Å². The summed E-state index contributed by atoms with van der Waals surface area (Å²) in [7, 11) is 0. The summed E-state index contributed by atoms with van der Waals surface area (Å²) in [5, 5.41) is 15.2. The molecule has 0 unspecified atom stereocenters. The zero-order valence-corrected chi connectivity index (χ0v) is 16.1. The number of nitrogens with zero attached hydrogens (tertiary/aromatic N) is 7. The molecule has 4 heterocycles. The molecule has 4 rings (SSSR count). The van der Waals surface area contributed by atoms with E-state index in [-0.39, 0.29) is 17.4 Å². The molecular formula is C18H20F3N7O. The fourth-order valence-electron chi connectivity index (χ4n) is 3.69. The zero-order valence-electron chi connectivity index (χ0n) is 16.1. The lowest BCUT2D eigenvalue weighted by Gasteiger charge is -2.15. The molecule has 3 aromatic rings. The number of halogens is 3. The number of fused-ring (bicyclic) bond motifs is 1. The number of likely N-dealkylation sites (tertiary alicyclic amines) is 1. The number of carbonyl (C=O) groups is 1. The molecular weight excluding hydrogens is 387 g/mol. The van der Waals surface area contributed by atoms with Crippen molar-refractivity contribution in [2.75, 3.05) is 13.1 Å². The van der Waals surface area contributed by atoms with Gasteiger partial charge in [0.25, 0.3) is 5.82 Å². The molecule has 3 aromatic heterocycles. The molecule has 0 N–H and O–H groups in total. The summed E-state index contributed by atoms with van der Waals surface area (Å²) in [4.78, 5) is 14.2. The van der Waals surface area contributed by atoms with E-state index in [0.717, 1.165) is 42.9 Å². The van der Waals surface area contributed by atoms with Crippen molar-refractivity contribution in [1.82, 2.24) is 34.5 Å². The highest BCUT2D eigenvalue weighted by Gasteiger charge is 2.37. The Labute approximate surface area is 164 Å². The van der Waals surface area contributed by atoms with E-state index in [1.807, 2.05) is 18.7 Å². The molecule has 1 saturated heterocycles. The third kappa shape index (κ3) is 3.56. The van der Waals surface area contributed by atoms with Gasteiger partial charge in [-0.2, -0.15) is 22.8 Å². The van der Waals surface area contributed by atoms with Crippen LogP contribution in [0.1, 0.15) is 42.0 Å². The Bertz CT molecular complexity index is 1060. The Kier molecular flexibility index (Phi) is 4.75. The number of rotatable bonds is 4. The van der Waals surface area contributed by atoms with Crippen molar-refractivity contribution in [3.8, 4) is 5.82 Å². The predicted molar refractivity (Wildman–Crippen MR) is 96.5 cm³/mol. The van der Waals surface area contributed by atoms with Gasteiger partial charge in [0, 0.05) is 25.2 Å². The Hall–Kier alpha value is -2.98. The molecule has 0 radical (unpaired) electrons. The lowest BCUT2D eigenvalue weighted by molar-refractivity contribution is -0.146. The van der Waals surface area contributed by atoms with Gasteiger partial charge in [0.1, 0.15) is 0 Å². The maximum absolute atomic E-state index is 13.1. The first kappa shape index (κ1) is 19.3. The average Bonchev–Trinajstić information content (AvgIpc) is 3.38. The molecule has 154 valence electrons. The highest BCUT2D eigenvalue weighted by Crippen LogP contribution is 2.28. The second-order valence-corrected chi connectivity index (χ2v) is 7.13. The maximum atomic E-state index is 13.1. The van der Waals surface area contributed by atoms with Crippen LogP contribution in [-0.2, 0) is 17.4 Å². The van der Waals surface area contributed by atoms with Crippen LogP contribution in [0.5, 0.6) is 0 Å². The first-order valence-corrected chi connectivity index (χ1v) is 9.38. The Morgan fingerprint density at radius 2 is 1.83 bits per heavy atom. The maximum Gasteiger partial charge on any atom is 0.453 e. The van der Waals surface area contributed by atoms with Crippen LogP contribution in [0.3, 0.4) is 0 Å². The normalized spacial score (nSPS) is 14.9. The van der Waals surface area contributed by atoms with Gasteiger partial charge in [-0.15, -0.1) is 15.3 Å². The highest BCUT2D eigenvalue weighted by atomic mass is 19.4. The Morgan fingerprint density at radius 1 is 1.10 bits per heavy atom. The van der Waals surface area contributed by atoms with Crippen molar-refractivity contribution in [3.05, 3.63) is 34.9 Å². The van der Waals surface area contributed by atoms with Crippen LogP contribution in [0.4, 0.5) is 13.2 Å². The third-order valence-electron chi connectivity index (χ3n) is 5.21. The van der Waals surface area contributed by atoms with Gasteiger partial charge >= 0.3 is 6.18 Å². The molecule has 0 atom stereocenters. The summed E-state index contributed by atoms with van der Waals surface area (Å²) in [5.74, 6) is -0.847. The van der Waals surface area contributed by atoms with E-state index in [1.165, 1.54) is 10.7 Å². The van der Waals surface area contributed by atoms with Gasteiger partial charge in [-0.05, 0) is 50.8 Å². The van der Waals surface area contributed by atoms with Crippen molar-refractivity contribution in [2.45, 2.75) is 45.7 Å².